The van der Waals surface area contributed by atoms with Gasteiger partial charge in [-0.2, -0.15) is 0 Å². The first kappa shape index (κ1) is 12.6. The zero-order valence-corrected chi connectivity index (χ0v) is 8.79. The molecule has 13 heavy (non-hydrogen) atoms. The number of hydrogen-bond acceptors (Lipinski definition) is 3. The van der Waals surface area contributed by atoms with Crippen LogP contribution in [0.3, 0.4) is 0 Å². The van der Waals surface area contributed by atoms with Gasteiger partial charge < -0.3 is 14.3 Å². The summed E-state index contributed by atoms with van der Waals surface area (Å²) in [5, 5.41) is 0. The van der Waals surface area contributed by atoms with Crippen molar-refractivity contribution in [2.45, 2.75) is 45.8 Å². The van der Waals surface area contributed by atoms with E-state index < -0.39 is 0 Å². The van der Waals surface area contributed by atoms with Gasteiger partial charge in [0.25, 0.3) is 0 Å². The van der Waals surface area contributed by atoms with E-state index in [1.807, 2.05) is 20.8 Å². The molecule has 2 atom stereocenters. The minimum atomic E-state index is 0.0176. The Morgan fingerprint density at radius 3 is 2.31 bits per heavy atom. The number of ether oxygens (including phenoxy) is 2. The van der Waals surface area contributed by atoms with Crippen LogP contribution in [0.25, 0.3) is 0 Å². The molecule has 0 amide bonds. The quantitative estimate of drug-likeness (QED) is 0.545. The van der Waals surface area contributed by atoms with Crippen LogP contribution in [0.2, 0.25) is 0 Å². The monoisotopic (exact) mass is 188 g/mol. The van der Waals surface area contributed by atoms with Crippen LogP contribution >= 0.6 is 0 Å². The largest absolute Gasteiger partial charge is 0.379 e. The second-order valence-electron chi connectivity index (χ2n) is 2.98. The van der Waals surface area contributed by atoms with E-state index in [1.54, 1.807) is 0 Å². The predicted octanol–water partition coefficient (Wildman–Crippen LogP) is 1.80. The fourth-order valence-corrected chi connectivity index (χ4v) is 1.30. The summed E-state index contributed by atoms with van der Waals surface area (Å²) in [5.41, 5.74) is 0. The Hall–Kier alpha value is -0.410. The smallest absolute Gasteiger partial charge is 0.122 e. The van der Waals surface area contributed by atoms with Gasteiger partial charge >= 0.3 is 0 Å². The van der Waals surface area contributed by atoms with Crippen molar-refractivity contribution in [3.63, 3.8) is 0 Å². The summed E-state index contributed by atoms with van der Waals surface area (Å²) in [6.45, 7) is 7.26. The van der Waals surface area contributed by atoms with Crippen molar-refractivity contribution < 1.29 is 14.3 Å². The van der Waals surface area contributed by atoms with Crippen molar-refractivity contribution in [1.29, 1.82) is 0 Å². The molecule has 0 N–H and O–H groups in total. The normalized spacial score (nSPS) is 15.3. The molecule has 0 aromatic heterocycles. The summed E-state index contributed by atoms with van der Waals surface area (Å²) in [4.78, 5) is 10.3. The minimum Gasteiger partial charge on any atom is -0.379 e. The van der Waals surface area contributed by atoms with E-state index in [2.05, 4.69) is 0 Å². The van der Waals surface area contributed by atoms with Crippen molar-refractivity contribution in [3.8, 4) is 0 Å². The average Bonchev–Trinajstić information content (AvgIpc) is 2.05. The highest BCUT2D eigenvalue weighted by molar-refractivity contribution is 5.50. The number of rotatable bonds is 8. The van der Waals surface area contributed by atoms with Gasteiger partial charge in [0.05, 0.1) is 12.2 Å². The molecule has 0 aliphatic carbocycles. The Balaban J connectivity index is 3.71. The minimum absolute atomic E-state index is 0.0176. The summed E-state index contributed by atoms with van der Waals surface area (Å²) < 4.78 is 10.8. The van der Waals surface area contributed by atoms with Gasteiger partial charge in [-0.25, -0.2) is 0 Å². The summed E-state index contributed by atoms with van der Waals surface area (Å²) in [6, 6.07) is 0. The molecule has 3 heteroatoms. The van der Waals surface area contributed by atoms with E-state index in [1.165, 1.54) is 0 Å². The van der Waals surface area contributed by atoms with Crippen molar-refractivity contribution >= 4 is 6.29 Å². The molecule has 0 radical (unpaired) electrons. The van der Waals surface area contributed by atoms with Gasteiger partial charge in [-0.3, -0.25) is 0 Å². The van der Waals surface area contributed by atoms with Crippen LogP contribution in [0.1, 0.15) is 33.6 Å². The average molecular weight is 188 g/mol. The first-order chi connectivity index (χ1) is 6.24. The first-order valence-electron chi connectivity index (χ1n) is 4.91. The molecule has 3 nitrogen and oxygen atoms in total. The molecule has 0 spiro atoms. The van der Waals surface area contributed by atoms with Gasteiger partial charge in [-0.1, -0.05) is 0 Å². The maximum atomic E-state index is 10.3. The maximum absolute atomic E-state index is 10.3. The third-order valence-corrected chi connectivity index (χ3v) is 1.81. The van der Waals surface area contributed by atoms with Crippen LogP contribution in [-0.2, 0) is 14.3 Å². The fourth-order valence-electron chi connectivity index (χ4n) is 1.30. The van der Waals surface area contributed by atoms with Crippen molar-refractivity contribution in [2.24, 2.45) is 0 Å². The Morgan fingerprint density at radius 2 is 1.85 bits per heavy atom. The third kappa shape index (κ3) is 6.72. The molecule has 0 bridgehead atoms. The molecular weight excluding hydrogens is 168 g/mol. The van der Waals surface area contributed by atoms with E-state index in [4.69, 9.17) is 9.47 Å². The molecule has 78 valence electrons. The van der Waals surface area contributed by atoms with Gasteiger partial charge in [0.15, 0.2) is 0 Å². The lowest BCUT2D eigenvalue weighted by Gasteiger charge is -2.18. The fraction of sp³-hybridized carbons (Fsp3) is 0.900. The van der Waals surface area contributed by atoms with Crippen LogP contribution in [0.15, 0.2) is 0 Å². The Labute approximate surface area is 80.4 Å². The van der Waals surface area contributed by atoms with Gasteiger partial charge in [0.2, 0.25) is 0 Å². The topological polar surface area (TPSA) is 35.5 Å². The zero-order chi connectivity index (χ0) is 10.1. The molecule has 0 fully saturated rings. The van der Waals surface area contributed by atoms with Gasteiger partial charge in [-0.15, -0.1) is 0 Å². The van der Waals surface area contributed by atoms with Crippen molar-refractivity contribution in [3.05, 3.63) is 0 Å². The maximum Gasteiger partial charge on any atom is 0.122 e. The summed E-state index contributed by atoms with van der Waals surface area (Å²) in [7, 11) is 0. The van der Waals surface area contributed by atoms with E-state index in [0.29, 0.717) is 19.6 Å². The number of carbonyl (C=O) groups excluding carboxylic acids is 1. The molecule has 0 rings (SSSR count). The first-order valence-corrected chi connectivity index (χ1v) is 4.91. The van der Waals surface area contributed by atoms with Crippen LogP contribution in [0, 0.1) is 0 Å². The SMILES string of the molecule is CCOC(C)CC(CC=O)OCC. The van der Waals surface area contributed by atoms with Gasteiger partial charge in [0.1, 0.15) is 6.29 Å². The van der Waals surface area contributed by atoms with E-state index in [0.717, 1.165) is 12.7 Å². The predicted molar refractivity (Wildman–Crippen MR) is 51.8 cm³/mol. The number of hydrogen-bond donors (Lipinski definition) is 0. The second kappa shape index (κ2) is 8.20. The standard InChI is InChI=1S/C10H20O3/c1-4-12-9(3)8-10(6-7-11)13-5-2/h7,9-10H,4-6,8H2,1-3H3. The molecule has 0 aliphatic heterocycles. The van der Waals surface area contributed by atoms with Gasteiger partial charge in [-0.05, 0) is 27.2 Å². The third-order valence-electron chi connectivity index (χ3n) is 1.81. The van der Waals surface area contributed by atoms with Crippen molar-refractivity contribution in [2.75, 3.05) is 13.2 Å². The van der Waals surface area contributed by atoms with Crippen LogP contribution in [-0.4, -0.2) is 31.7 Å². The number of aldehydes is 1. The molecule has 0 saturated carbocycles. The molecule has 0 aromatic rings. The highest BCUT2D eigenvalue weighted by atomic mass is 16.5. The van der Waals surface area contributed by atoms with Crippen LogP contribution < -0.4 is 0 Å². The Kier molecular flexibility index (Phi) is 7.94. The lowest BCUT2D eigenvalue weighted by molar-refractivity contribution is -0.111. The summed E-state index contributed by atoms with van der Waals surface area (Å²) in [6.07, 6.45) is 2.34. The van der Waals surface area contributed by atoms with Crippen LogP contribution in [0.5, 0.6) is 0 Å². The molecule has 0 aromatic carbocycles. The van der Waals surface area contributed by atoms with E-state index >= 15 is 0 Å². The van der Waals surface area contributed by atoms with Crippen LogP contribution in [0.4, 0.5) is 0 Å². The van der Waals surface area contributed by atoms with Gasteiger partial charge in [0, 0.05) is 19.6 Å². The molecule has 2 unspecified atom stereocenters. The molecule has 0 aliphatic rings. The second-order valence-corrected chi connectivity index (χ2v) is 2.98. The van der Waals surface area contributed by atoms with Crippen molar-refractivity contribution in [1.82, 2.24) is 0 Å². The molecule has 0 saturated heterocycles. The highest BCUT2D eigenvalue weighted by Gasteiger charge is 2.12. The molecule has 0 heterocycles. The number of carbonyl (C=O) groups is 1. The zero-order valence-electron chi connectivity index (χ0n) is 8.79. The Morgan fingerprint density at radius 1 is 1.23 bits per heavy atom. The lowest BCUT2D eigenvalue weighted by atomic mass is 10.1. The van der Waals surface area contributed by atoms with E-state index in [9.17, 15) is 4.79 Å². The molecular formula is C10H20O3. The van der Waals surface area contributed by atoms with E-state index in [-0.39, 0.29) is 12.2 Å². The summed E-state index contributed by atoms with van der Waals surface area (Å²) >= 11 is 0. The summed E-state index contributed by atoms with van der Waals surface area (Å²) in [5.74, 6) is 0. The Bertz CT molecular complexity index is 125. The lowest BCUT2D eigenvalue weighted by Crippen LogP contribution is -2.21. The highest BCUT2D eigenvalue weighted by Crippen LogP contribution is 2.08.